The van der Waals surface area contributed by atoms with Gasteiger partial charge in [0.2, 0.25) is 0 Å². The molecule has 2 aromatic heterocycles. The molecule has 1 aliphatic rings. The van der Waals surface area contributed by atoms with Crippen LogP contribution in [0.1, 0.15) is 40.5 Å². The average Bonchev–Trinajstić information content (AvgIpc) is 3.19. The average molecular weight is 333 g/mol. The van der Waals surface area contributed by atoms with Crippen LogP contribution in [0.25, 0.3) is 0 Å². The molecular weight excluding hydrogens is 310 g/mol. The van der Waals surface area contributed by atoms with E-state index in [4.69, 9.17) is 0 Å². The van der Waals surface area contributed by atoms with Crippen molar-refractivity contribution in [1.82, 2.24) is 25.2 Å². The van der Waals surface area contributed by atoms with E-state index in [2.05, 4.69) is 25.2 Å². The van der Waals surface area contributed by atoms with E-state index in [1.54, 1.807) is 11.7 Å². The molecule has 7 heteroatoms. The molecule has 1 aliphatic heterocycles. The maximum absolute atomic E-state index is 11.9. The molecule has 0 bridgehead atoms. The van der Waals surface area contributed by atoms with Gasteiger partial charge in [-0.1, -0.05) is 0 Å². The lowest BCUT2D eigenvalue weighted by Gasteiger charge is -2.32. The highest BCUT2D eigenvalue weighted by Crippen LogP contribution is 2.20. The van der Waals surface area contributed by atoms with Crippen LogP contribution in [0, 0.1) is 12.8 Å². The van der Waals surface area contributed by atoms with Crippen molar-refractivity contribution in [3.63, 3.8) is 0 Å². The number of piperidine rings is 1. The van der Waals surface area contributed by atoms with Gasteiger partial charge in [-0.25, -0.2) is 4.98 Å². The Morgan fingerprint density at radius 3 is 3.17 bits per heavy atom. The summed E-state index contributed by atoms with van der Waals surface area (Å²) in [6.07, 6.45) is 7.04. The number of aryl methyl sites for hydroxylation is 1. The Hall–Kier alpha value is -1.73. The summed E-state index contributed by atoms with van der Waals surface area (Å²) in [4.78, 5) is 26.6. The predicted molar refractivity (Wildman–Crippen MR) is 90.4 cm³/mol. The van der Waals surface area contributed by atoms with Crippen LogP contribution in [0.15, 0.2) is 17.9 Å². The number of imidazole rings is 1. The van der Waals surface area contributed by atoms with E-state index in [1.165, 1.54) is 29.9 Å². The number of nitrogens with one attached hydrogen (secondary N) is 2. The number of hydrogen-bond donors (Lipinski definition) is 2. The maximum Gasteiger partial charge on any atom is 0.262 e. The summed E-state index contributed by atoms with van der Waals surface area (Å²) in [5.41, 5.74) is 2.87. The molecule has 3 heterocycles. The molecule has 1 saturated heterocycles. The van der Waals surface area contributed by atoms with Crippen molar-refractivity contribution in [3.05, 3.63) is 34.3 Å². The van der Waals surface area contributed by atoms with Crippen molar-refractivity contribution in [2.24, 2.45) is 5.92 Å². The van der Waals surface area contributed by atoms with Crippen molar-refractivity contribution in [3.8, 4) is 0 Å². The van der Waals surface area contributed by atoms with Gasteiger partial charge in [0.15, 0.2) is 0 Å². The normalized spacial score (nSPS) is 18.9. The molecule has 1 atom stereocenters. The van der Waals surface area contributed by atoms with Crippen LogP contribution in [0.5, 0.6) is 0 Å². The van der Waals surface area contributed by atoms with Crippen LogP contribution < -0.4 is 5.32 Å². The molecule has 2 N–H and O–H groups in total. The number of thiazole rings is 1. The minimum atomic E-state index is -0.00639. The van der Waals surface area contributed by atoms with E-state index in [9.17, 15) is 4.79 Å². The fraction of sp³-hybridized carbons (Fsp3) is 0.562. The molecule has 0 saturated carbocycles. The van der Waals surface area contributed by atoms with Gasteiger partial charge in [0.25, 0.3) is 5.91 Å². The second kappa shape index (κ2) is 7.70. The Kier molecular flexibility index (Phi) is 5.40. The van der Waals surface area contributed by atoms with Gasteiger partial charge in [-0.05, 0) is 38.6 Å². The van der Waals surface area contributed by atoms with Crippen LogP contribution in [0.3, 0.4) is 0 Å². The Morgan fingerprint density at radius 1 is 1.52 bits per heavy atom. The van der Waals surface area contributed by atoms with Crippen molar-refractivity contribution in [1.29, 1.82) is 0 Å². The van der Waals surface area contributed by atoms with Gasteiger partial charge < -0.3 is 10.3 Å². The number of carbonyl (C=O) groups excluding carboxylic acids is 1. The lowest BCUT2D eigenvalue weighted by molar-refractivity contribution is 0.0950. The van der Waals surface area contributed by atoms with E-state index in [-0.39, 0.29) is 5.91 Å². The highest BCUT2D eigenvalue weighted by atomic mass is 32.1. The Bertz CT molecular complexity index is 624. The summed E-state index contributed by atoms with van der Waals surface area (Å²) in [7, 11) is 0. The van der Waals surface area contributed by atoms with E-state index < -0.39 is 0 Å². The van der Waals surface area contributed by atoms with Crippen molar-refractivity contribution >= 4 is 17.2 Å². The van der Waals surface area contributed by atoms with Crippen LogP contribution in [0.2, 0.25) is 0 Å². The maximum atomic E-state index is 11.9. The third-order valence-electron chi connectivity index (χ3n) is 4.25. The molecule has 6 nitrogen and oxygen atoms in total. The number of H-pyrrole nitrogens is 1. The Labute approximate surface area is 140 Å². The largest absolute Gasteiger partial charge is 0.351 e. The Morgan fingerprint density at radius 2 is 2.43 bits per heavy atom. The standard InChI is InChI=1S/C16H23N5OS/c1-12-19-7-14(20-12)10-21-6-2-3-13(9-21)4-5-18-16(22)15-8-17-11-23-15/h7-8,11,13H,2-6,9-10H2,1H3,(H,18,22)(H,19,20). The van der Waals surface area contributed by atoms with Crippen molar-refractivity contribution in [2.75, 3.05) is 19.6 Å². The summed E-state index contributed by atoms with van der Waals surface area (Å²) >= 11 is 1.38. The monoisotopic (exact) mass is 333 g/mol. The summed E-state index contributed by atoms with van der Waals surface area (Å²) in [5, 5.41) is 3.00. The number of aromatic amines is 1. The third kappa shape index (κ3) is 4.62. The summed E-state index contributed by atoms with van der Waals surface area (Å²) in [6.45, 7) is 5.88. The van der Waals surface area contributed by atoms with Gasteiger partial charge in [0.1, 0.15) is 10.7 Å². The van der Waals surface area contributed by atoms with Gasteiger partial charge in [0.05, 0.1) is 11.7 Å². The zero-order valence-electron chi connectivity index (χ0n) is 13.4. The fourth-order valence-electron chi connectivity index (χ4n) is 3.13. The lowest BCUT2D eigenvalue weighted by atomic mass is 9.94. The molecule has 0 aliphatic carbocycles. The van der Waals surface area contributed by atoms with E-state index in [0.29, 0.717) is 10.8 Å². The number of likely N-dealkylation sites (tertiary alicyclic amines) is 1. The number of rotatable bonds is 6. The van der Waals surface area contributed by atoms with Crippen molar-refractivity contribution < 1.29 is 4.79 Å². The van der Waals surface area contributed by atoms with Crippen LogP contribution in [-0.4, -0.2) is 45.4 Å². The molecule has 1 fully saturated rings. The number of amides is 1. The number of hydrogen-bond acceptors (Lipinski definition) is 5. The first kappa shape index (κ1) is 16.1. The number of aromatic nitrogens is 3. The minimum Gasteiger partial charge on any atom is -0.351 e. The molecule has 1 unspecified atom stereocenters. The van der Waals surface area contributed by atoms with Gasteiger partial charge >= 0.3 is 0 Å². The first-order chi connectivity index (χ1) is 11.2. The zero-order chi connectivity index (χ0) is 16.1. The molecule has 0 spiro atoms. The molecule has 2 aromatic rings. The van der Waals surface area contributed by atoms with Crippen molar-refractivity contribution in [2.45, 2.75) is 32.7 Å². The molecule has 1 amide bonds. The molecule has 23 heavy (non-hydrogen) atoms. The first-order valence-corrected chi connectivity index (χ1v) is 8.98. The lowest BCUT2D eigenvalue weighted by Crippen LogP contribution is -2.36. The quantitative estimate of drug-likeness (QED) is 0.850. The van der Waals surface area contributed by atoms with Crippen LogP contribution >= 0.6 is 11.3 Å². The minimum absolute atomic E-state index is 0.00639. The second-order valence-electron chi connectivity index (χ2n) is 6.15. The second-order valence-corrected chi connectivity index (χ2v) is 7.03. The Balaban J connectivity index is 1.41. The molecular formula is C16H23N5OS. The number of nitrogens with zero attached hydrogens (tertiary/aromatic N) is 3. The predicted octanol–water partition coefficient (Wildman–Crippen LogP) is 2.21. The smallest absolute Gasteiger partial charge is 0.262 e. The highest BCUT2D eigenvalue weighted by Gasteiger charge is 2.20. The summed E-state index contributed by atoms with van der Waals surface area (Å²) < 4.78 is 0. The van der Waals surface area contributed by atoms with Gasteiger partial charge in [0, 0.05) is 31.5 Å². The molecule has 124 valence electrons. The highest BCUT2D eigenvalue weighted by molar-refractivity contribution is 7.11. The summed E-state index contributed by atoms with van der Waals surface area (Å²) in [6, 6.07) is 0. The van der Waals surface area contributed by atoms with E-state index >= 15 is 0 Å². The zero-order valence-corrected chi connectivity index (χ0v) is 14.2. The third-order valence-corrected chi connectivity index (χ3v) is 5.02. The first-order valence-electron chi connectivity index (χ1n) is 8.10. The van der Waals surface area contributed by atoms with Crippen LogP contribution in [-0.2, 0) is 6.54 Å². The van der Waals surface area contributed by atoms with Crippen LogP contribution in [0.4, 0.5) is 0 Å². The van der Waals surface area contributed by atoms with E-state index in [0.717, 1.165) is 38.4 Å². The molecule has 3 rings (SSSR count). The number of carbonyl (C=O) groups is 1. The summed E-state index contributed by atoms with van der Waals surface area (Å²) in [5.74, 6) is 1.61. The topological polar surface area (TPSA) is 73.9 Å². The fourth-order valence-corrected chi connectivity index (χ4v) is 3.66. The van der Waals surface area contributed by atoms with Gasteiger partial charge in [-0.3, -0.25) is 14.7 Å². The SMILES string of the molecule is Cc1ncc(CN2CCCC(CCNC(=O)c3cncs3)C2)[nH]1. The molecule has 0 radical (unpaired) electrons. The van der Waals surface area contributed by atoms with Gasteiger partial charge in [-0.15, -0.1) is 11.3 Å². The van der Waals surface area contributed by atoms with Gasteiger partial charge in [-0.2, -0.15) is 0 Å². The molecule has 0 aromatic carbocycles. The van der Waals surface area contributed by atoms with E-state index in [1.807, 2.05) is 13.1 Å².